The van der Waals surface area contributed by atoms with Crippen molar-refractivity contribution in [2.75, 3.05) is 6.61 Å². The Labute approximate surface area is 188 Å². The zero-order valence-corrected chi connectivity index (χ0v) is 19.6. The minimum Gasteiger partial charge on any atom is -0.461 e. The van der Waals surface area contributed by atoms with Gasteiger partial charge in [-0.05, 0) is 85.2 Å². The number of allylic oxidation sites excluding steroid dienone is 5. The van der Waals surface area contributed by atoms with Crippen LogP contribution in [0.2, 0.25) is 0 Å². The molecule has 0 N–H and O–H groups in total. The molecule has 0 spiro atoms. The molecule has 0 aromatic heterocycles. The van der Waals surface area contributed by atoms with Crippen LogP contribution < -0.4 is 0 Å². The second-order valence-corrected chi connectivity index (χ2v) is 10.4. The van der Waals surface area contributed by atoms with Crippen LogP contribution in [-0.4, -0.2) is 18.5 Å². The molecular formula is C25H32ClFO4. The molecule has 2 saturated carbocycles. The molecule has 0 radical (unpaired) electrons. The molecule has 4 nitrogen and oxygen atoms in total. The molecule has 6 heteroatoms. The van der Waals surface area contributed by atoms with Crippen molar-refractivity contribution < 1.29 is 23.5 Å². The van der Waals surface area contributed by atoms with Gasteiger partial charge >= 0.3 is 11.9 Å². The molecule has 4 rings (SSSR count). The van der Waals surface area contributed by atoms with E-state index >= 15 is 0 Å². The van der Waals surface area contributed by atoms with Crippen LogP contribution in [0.4, 0.5) is 4.39 Å². The highest BCUT2D eigenvalue weighted by Gasteiger charge is 2.58. The van der Waals surface area contributed by atoms with Crippen LogP contribution in [0, 0.1) is 28.6 Å². The maximum absolute atomic E-state index is 15.0. The van der Waals surface area contributed by atoms with Crippen molar-refractivity contribution in [3.8, 4) is 0 Å². The van der Waals surface area contributed by atoms with Crippen LogP contribution in [0.25, 0.3) is 0 Å². The lowest BCUT2D eigenvalue weighted by atomic mass is 9.48. The van der Waals surface area contributed by atoms with Gasteiger partial charge in [0.15, 0.2) is 0 Å². The van der Waals surface area contributed by atoms with Crippen molar-refractivity contribution in [3.05, 3.63) is 33.8 Å². The van der Waals surface area contributed by atoms with E-state index in [0.717, 1.165) is 37.7 Å². The first-order chi connectivity index (χ1) is 14.6. The third kappa shape index (κ3) is 3.48. The molecule has 0 aromatic rings. The average molecular weight is 451 g/mol. The van der Waals surface area contributed by atoms with Crippen molar-refractivity contribution in [2.24, 2.45) is 28.6 Å². The number of carbonyl (C=O) groups excluding carboxylic acids is 2. The van der Waals surface area contributed by atoms with Gasteiger partial charge in [-0.25, -0.2) is 4.79 Å². The molecule has 0 saturated heterocycles. The normalized spacial score (nSPS) is 38.5. The molecule has 0 bridgehead atoms. The molecule has 0 amide bonds. The van der Waals surface area contributed by atoms with E-state index < -0.39 is 11.8 Å². The van der Waals surface area contributed by atoms with Crippen LogP contribution >= 0.6 is 11.6 Å². The third-order valence-corrected chi connectivity index (χ3v) is 9.00. The molecule has 170 valence electrons. The number of rotatable bonds is 3. The maximum Gasteiger partial charge on any atom is 0.367 e. The van der Waals surface area contributed by atoms with Gasteiger partial charge in [0, 0.05) is 13.3 Å². The summed E-state index contributed by atoms with van der Waals surface area (Å²) in [6, 6.07) is 0. The third-order valence-electron chi connectivity index (χ3n) is 8.59. The molecule has 0 aliphatic heterocycles. The smallest absolute Gasteiger partial charge is 0.367 e. The van der Waals surface area contributed by atoms with Crippen LogP contribution in [0.3, 0.4) is 0 Å². The van der Waals surface area contributed by atoms with E-state index in [2.05, 4.69) is 19.9 Å². The van der Waals surface area contributed by atoms with E-state index in [1.165, 1.54) is 6.92 Å². The fourth-order valence-electron chi connectivity index (χ4n) is 7.15. The fraction of sp³-hybridized carbons (Fsp3) is 0.680. The second kappa shape index (κ2) is 8.06. The van der Waals surface area contributed by atoms with Crippen LogP contribution in [0.15, 0.2) is 33.8 Å². The minimum atomic E-state index is -0.818. The zero-order chi connectivity index (χ0) is 22.6. The van der Waals surface area contributed by atoms with Crippen molar-refractivity contribution in [1.29, 1.82) is 0 Å². The van der Waals surface area contributed by atoms with Crippen LogP contribution in [-0.2, 0) is 19.1 Å². The SMILES string of the molecule is CCOC(=O)C(F)=C1CC[C@H]2[C@@H]3CC=C4C(Cl)=C(OC(C)=O)CC[C@]4(C)[C@H]3CC[C@]12C. The van der Waals surface area contributed by atoms with Crippen molar-refractivity contribution >= 4 is 23.5 Å². The molecule has 0 heterocycles. The van der Waals surface area contributed by atoms with Gasteiger partial charge in [0.25, 0.3) is 0 Å². The molecule has 0 unspecified atom stereocenters. The molecular weight excluding hydrogens is 419 g/mol. The lowest BCUT2D eigenvalue weighted by Crippen LogP contribution is -2.48. The number of hydrogen-bond donors (Lipinski definition) is 0. The number of fused-ring (bicyclic) bond motifs is 5. The standard InChI is InChI=1S/C25H32ClFO4/c1-5-30-23(29)22(27)19-9-8-16-15-6-7-18-21(26)20(31-14(2)28)11-13-24(18,3)17(15)10-12-25(16,19)4/h7,15-17H,5-6,8-13H2,1-4H3/t15-,16-,17-,24+,25-/m0/s1. The predicted octanol–water partition coefficient (Wildman–Crippen LogP) is 6.36. The molecule has 5 atom stereocenters. The van der Waals surface area contributed by atoms with Gasteiger partial charge in [0.1, 0.15) is 5.76 Å². The average Bonchev–Trinajstić information content (AvgIpc) is 3.07. The Morgan fingerprint density at radius 2 is 1.87 bits per heavy atom. The van der Waals surface area contributed by atoms with E-state index in [9.17, 15) is 14.0 Å². The number of halogens is 2. The largest absolute Gasteiger partial charge is 0.461 e. The van der Waals surface area contributed by atoms with E-state index in [-0.39, 0.29) is 23.4 Å². The van der Waals surface area contributed by atoms with Gasteiger partial charge in [-0.1, -0.05) is 31.5 Å². The summed E-state index contributed by atoms with van der Waals surface area (Å²) in [6.45, 7) is 7.71. The summed E-state index contributed by atoms with van der Waals surface area (Å²) in [5.41, 5.74) is 1.40. The number of ether oxygens (including phenoxy) is 2. The van der Waals surface area contributed by atoms with E-state index in [4.69, 9.17) is 21.1 Å². The van der Waals surface area contributed by atoms with Crippen LogP contribution in [0.1, 0.15) is 72.6 Å². The Hall–Kier alpha value is -1.62. The molecule has 2 fully saturated rings. The maximum atomic E-state index is 15.0. The van der Waals surface area contributed by atoms with Crippen molar-refractivity contribution in [2.45, 2.75) is 72.6 Å². The topological polar surface area (TPSA) is 52.6 Å². The first kappa shape index (κ1) is 22.6. The summed E-state index contributed by atoms with van der Waals surface area (Å²) in [7, 11) is 0. The van der Waals surface area contributed by atoms with Crippen LogP contribution in [0.5, 0.6) is 0 Å². The van der Waals surface area contributed by atoms with Gasteiger partial charge in [-0.2, -0.15) is 4.39 Å². The summed E-state index contributed by atoms with van der Waals surface area (Å²) in [5, 5.41) is 0.594. The predicted molar refractivity (Wildman–Crippen MR) is 116 cm³/mol. The lowest BCUT2D eigenvalue weighted by Gasteiger charge is -2.56. The second-order valence-electron chi connectivity index (χ2n) is 9.99. The van der Waals surface area contributed by atoms with Gasteiger partial charge < -0.3 is 9.47 Å². The summed E-state index contributed by atoms with van der Waals surface area (Å²) in [5.74, 6) is -0.0238. The summed E-state index contributed by atoms with van der Waals surface area (Å²) < 4.78 is 25.3. The highest BCUT2D eigenvalue weighted by atomic mass is 35.5. The zero-order valence-electron chi connectivity index (χ0n) is 18.9. The number of carbonyl (C=O) groups is 2. The Morgan fingerprint density at radius 3 is 2.55 bits per heavy atom. The Kier molecular flexibility index (Phi) is 5.87. The summed E-state index contributed by atoms with van der Waals surface area (Å²) in [4.78, 5) is 23.5. The molecule has 4 aliphatic carbocycles. The fourth-order valence-corrected chi connectivity index (χ4v) is 7.57. The summed E-state index contributed by atoms with van der Waals surface area (Å²) >= 11 is 6.71. The quantitative estimate of drug-likeness (QED) is 0.371. The Bertz CT molecular complexity index is 903. The van der Waals surface area contributed by atoms with Gasteiger partial charge in [-0.15, -0.1) is 0 Å². The highest BCUT2D eigenvalue weighted by Crippen LogP contribution is 2.67. The Morgan fingerprint density at radius 1 is 1.16 bits per heavy atom. The van der Waals surface area contributed by atoms with E-state index in [1.807, 2.05) is 0 Å². The van der Waals surface area contributed by atoms with Gasteiger partial charge in [-0.3, -0.25) is 4.79 Å². The van der Waals surface area contributed by atoms with E-state index in [0.29, 0.717) is 47.0 Å². The summed E-state index contributed by atoms with van der Waals surface area (Å²) in [6.07, 6.45) is 8.01. The molecule has 4 aliphatic rings. The Balaban J connectivity index is 1.66. The monoisotopic (exact) mass is 450 g/mol. The highest BCUT2D eigenvalue weighted by molar-refractivity contribution is 6.32. The first-order valence-electron chi connectivity index (χ1n) is 11.5. The molecule has 0 aromatic carbocycles. The number of hydrogen-bond acceptors (Lipinski definition) is 4. The van der Waals surface area contributed by atoms with Gasteiger partial charge in [0.05, 0.1) is 11.6 Å². The lowest BCUT2D eigenvalue weighted by molar-refractivity contribution is -0.140. The van der Waals surface area contributed by atoms with Crippen molar-refractivity contribution in [3.63, 3.8) is 0 Å². The van der Waals surface area contributed by atoms with Gasteiger partial charge in [0.2, 0.25) is 5.83 Å². The van der Waals surface area contributed by atoms with E-state index in [1.54, 1.807) is 6.92 Å². The number of esters is 2. The molecule has 31 heavy (non-hydrogen) atoms. The van der Waals surface area contributed by atoms with Crippen molar-refractivity contribution in [1.82, 2.24) is 0 Å². The first-order valence-corrected chi connectivity index (χ1v) is 11.9. The minimum absolute atomic E-state index is 0.0723.